The number of unbranched alkanes of at least 4 members (excludes halogenated alkanes) is 1. The van der Waals surface area contributed by atoms with E-state index >= 15 is 0 Å². The van der Waals surface area contributed by atoms with Crippen molar-refractivity contribution in [2.75, 3.05) is 20.3 Å². The zero-order chi connectivity index (χ0) is 15.7. The van der Waals surface area contributed by atoms with Crippen molar-refractivity contribution in [3.05, 3.63) is 28.2 Å². The minimum Gasteiger partial charge on any atom is -0.484 e. The zero-order valence-corrected chi connectivity index (χ0v) is 13.2. The van der Waals surface area contributed by atoms with Gasteiger partial charge in [-0.3, -0.25) is 9.59 Å². The maximum Gasteiger partial charge on any atom is 0.305 e. The summed E-state index contributed by atoms with van der Waals surface area (Å²) in [6, 6.07) is 4.79. The van der Waals surface area contributed by atoms with Crippen LogP contribution in [0.3, 0.4) is 0 Å². The van der Waals surface area contributed by atoms with Gasteiger partial charge in [-0.15, -0.1) is 0 Å². The van der Waals surface area contributed by atoms with Crippen LogP contribution in [0.2, 0.25) is 10.0 Å². The normalized spacial score (nSPS) is 10.0. The second-order valence-electron chi connectivity index (χ2n) is 4.25. The van der Waals surface area contributed by atoms with Crippen molar-refractivity contribution in [3.63, 3.8) is 0 Å². The van der Waals surface area contributed by atoms with E-state index in [9.17, 15) is 9.59 Å². The zero-order valence-electron chi connectivity index (χ0n) is 11.7. The molecule has 0 fully saturated rings. The minimum atomic E-state index is -0.246. The molecule has 1 aromatic carbocycles. The third-order valence-electron chi connectivity index (χ3n) is 2.62. The molecule has 7 heteroatoms. The highest BCUT2D eigenvalue weighted by Gasteiger charge is 2.05. The SMILES string of the molecule is COC(=O)CCCCNC(=O)COc1ccc(Cl)c(Cl)c1. The van der Waals surface area contributed by atoms with Gasteiger partial charge in [0.05, 0.1) is 17.2 Å². The highest BCUT2D eigenvalue weighted by atomic mass is 35.5. The van der Waals surface area contributed by atoms with Crippen LogP contribution in [0.25, 0.3) is 0 Å². The van der Waals surface area contributed by atoms with Gasteiger partial charge in [-0.2, -0.15) is 0 Å². The number of rotatable bonds is 8. The van der Waals surface area contributed by atoms with Crippen molar-refractivity contribution in [2.45, 2.75) is 19.3 Å². The molecule has 0 aliphatic carbocycles. The highest BCUT2D eigenvalue weighted by molar-refractivity contribution is 6.42. The number of nitrogens with one attached hydrogen (secondary N) is 1. The number of amides is 1. The van der Waals surface area contributed by atoms with Gasteiger partial charge < -0.3 is 14.8 Å². The first-order valence-corrected chi connectivity index (χ1v) is 7.20. The molecule has 1 rings (SSSR count). The third-order valence-corrected chi connectivity index (χ3v) is 3.36. The number of benzene rings is 1. The Bertz CT molecular complexity index is 494. The average Bonchev–Trinajstić information content (AvgIpc) is 2.47. The molecule has 1 amide bonds. The monoisotopic (exact) mass is 333 g/mol. The summed E-state index contributed by atoms with van der Waals surface area (Å²) in [7, 11) is 1.35. The summed E-state index contributed by atoms with van der Waals surface area (Å²) in [5.41, 5.74) is 0. The molecule has 1 aromatic rings. The van der Waals surface area contributed by atoms with E-state index in [4.69, 9.17) is 27.9 Å². The van der Waals surface area contributed by atoms with Gasteiger partial charge in [0.1, 0.15) is 5.75 Å². The van der Waals surface area contributed by atoms with E-state index in [-0.39, 0.29) is 18.5 Å². The van der Waals surface area contributed by atoms with E-state index in [1.165, 1.54) is 7.11 Å². The first-order valence-electron chi connectivity index (χ1n) is 6.44. The lowest BCUT2D eigenvalue weighted by Gasteiger charge is -2.08. The Morgan fingerprint density at radius 3 is 2.62 bits per heavy atom. The van der Waals surface area contributed by atoms with Crippen LogP contribution >= 0.6 is 23.2 Å². The molecular formula is C14H17Cl2NO4. The van der Waals surface area contributed by atoms with Crippen LogP contribution in [0.4, 0.5) is 0 Å². The number of halogens is 2. The first kappa shape index (κ1) is 17.6. The molecule has 0 spiro atoms. The molecule has 0 atom stereocenters. The lowest BCUT2D eigenvalue weighted by atomic mass is 10.2. The van der Waals surface area contributed by atoms with Gasteiger partial charge >= 0.3 is 5.97 Å². The molecule has 0 radical (unpaired) electrons. The number of carbonyl (C=O) groups excluding carboxylic acids is 2. The molecule has 116 valence electrons. The van der Waals surface area contributed by atoms with Gasteiger partial charge in [-0.05, 0) is 25.0 Å². The molecule has 0 unspecified atom stereocenters. The fourth-order valence-corrected chi connectivity index (χ4v) is 1.78. The second-order valence-corrected chi connectivity index (χ2v) is 5.06. The topological polar surface area (TPSA) is 64.6 Å². The molecule has 0 aliphatic heterocycles. The van der Waals surface area contributed by atoms with Gasteiger partial charge in [-0.25, -0.2) is 0 Å². The highest BCUT2D eigenvalue weighted by Crippen LogP contribution is 2.26. The van der Waals surface area contributed by atoms with Gasteiger partial charge in [0.2, 0.25) is 0 Å². The largest absolute Gasteiger partial charge is 0.484 e. The smallest absolute Gasteiger partial charge is 0.305 e. The predicted molar refractivity (Wildman–Crippen MR) is 80.8 cm³/mol. The van der Waals surface area contributed by atoms with Crippen molar-refractivity contribution >= 4 is 35.1 Å². The van der Waals surface area contributed by atoms with E-state index < -0.39 is 0 Å². The van der Waals surface area contributed by atoms with Gasteiger partial charge in [-0.1, -0.05) is 23.2 Å². The van der Waals surface area contributed by atoms with Crippen LogP contribution in [0.1, 0.15) is 19.3 Å². The molecule has 1 N–H and O–H groups in total. The Kier molecular flexibility index (Phi) is 7.93. The van der Waals surface area contributed by atoms with E-state index in [1.807, 2.05) is 0 Å². The van der Waals surface area contributed by atoms with E-state index in [0.717, 1.165) is 0 Å². The summed E-state index contributed by atoms with van der Waals surface area (Å²) < 4.78 is 9.80. The number of esters is 1. The quantitative estimate of drug-likeness (QED) is 0.586. The Morgan fingerprint density at radius 2 is 1.95 bits per heavy atom. The molecule has 0 heterocycles. The van der Waals surface area contributed by atoms with Crippen molar-refractivity contribution < 1.29 is 19.1 Å². The lowest BCUT2D eigenvalue weighted by Crippen LogP contribution is -2.29. The average molecular weight is 334 g/mol. The fraction of sp³-hybridized carbons (Fsp3) is 0.429. The number of hydrogen-bond donors (Lipinski definition) is 1. The summed E-state index contributed by atoms with van der Waals surface area (Å²) in [6.45, 7) is 0.384. The second kappa shape index (κ2) is 9.47. The van der Waals surface area contributed by atoms with Crippen LogP contribution in [0.15, 0.2) is 18.2 Å². The Balaban J connectivity index is 2.16. The van der Waals surface area contributed by atoms with Crippen LogP contribution in [0.5, 0.6) is 5.75 Å². The molecule has 0 bridgehead atoms. The number of carbonyl (C=O) groups is 2. The molecule has 0 aromatic heterocycles. The third kappa shape index (κ3) is 7.20. The Hall–Kier alpha value is -1.46. The first-order chi connectivity index (χ1) is 10.0. The fourth-order valence-electron chi connectivity index (χ4n) is 1.49. The minimum absolute atomic E-state index is 0.102. The Labute approximate surface area is 133 Å². The number of hydrogen-bond acceptors (Lipinski definition) is 4. The maximum atomic E-state index is 11.5. The standard InChI is InChI=1S/C14H17Cl2NO4/c1-20-14(19)4-2-3-7-17-13(18)9-21-10-5-6-11(15)12(16)8-10/h5-6,8H,2-4,7,9H2,1H3,(H,17,18). The van der Waals surface area contributed by atoms with Crippen LogP contribution in [-0.4, -0.2) is 32.1 Å². The van der Waals surface area contributed by atoms with Crippen molar-refractivity contribution in [1.29, 1.82) is 0 Å². The number of methoxy groups -OCH3 is 1. The molecule has 0 saturated heterocycles. The van der Waals surface area contributed by atoms with Crippen molar-refractivity contribution in [2.24, 2.45) is 0 Å². The molecule has 5 nitrogen and oxygen atoms in total. The van der Waals surface area contributed by atoms with Gasteiger partial charge in [0.25, 0.3) is 5.91 Å². The molecular weight excluding hydrogens is 317 g/mol. The van der Waals surface area contributed by atoms with Crippen LogP contribution in [-0.2, 0) is 14.3 Å². The van der Waals surface area contributed by atoms with Crippen LogP contribution in [0, 0.1) is 0 Å². The summed E-state index contributed by atoms with van der Waals surface area (Å²) in [4.78, 5) is 22.4. The Morgan fingerprint density at radius 1 is 1.19 bits per heavy atom. The summed E-state index contributed by atoms with van der Waals surface area (Å²) in [5, 5.41) is 3.50. The van der Waals surface area contributed by atoms with E-state index in [2.05, 4.69) is 10.1 Å². The summed E-state index contributed by atoms with van der Waals surface area (Å²) >= 11 is 11.6. The van der Waals surface area contributed by atoms with Crippen LogP contribution < -0.4 is 10.1 Å². The van der Waals surface area contributed by atoms with Gasteiger partial charge in [0.15, 0.2) is 6.61 Å². The summed E-state index contributed by atoms with van der Waals surface area (Å²) in [5.74, 6) is -0.00587. The maximum absolute atomic E-state index is 11.5. The van der Waals surface area contributed by atoms with E-state index in [1.54, 1.807) is 18.2 Å². The van der Waals surface area contributed by atoms with Crippen molar-refractivity contribution in [3.8, 4) is 5.75 Å². The summed E-state index contributed by atoms with van der Waals surface area (Å²) in [6.07, 6.45) is 1.72. The van der Waals surface area contributed by atoms with E-state index in [0.29, 0.717) is 41.6 Å². The number of ether oxygens (including phenoxy) is 2. The predicted octanol–water partition coefficient (Wildman–Crippen LogP) is 2.83. The van der Waals surface area contributed by atoms with Gasteiger partial charge in [0, 0.05) is 19.0 Å². The van der Waals surface area contributed by atoms with Crippen molar-refractivity contribution in [1.82, 2.24) is 5.32 Å². The molecule has 21 heavy (non-hydrogen) atoms. The lowest BCUT2D eigenvalue weighted by molar-refractivity contribution is -0.140. The molecule has 0 saturated carbocycles. The molecule has 0 aliphatic rings.